The highest BCUT2D eigenvalue weighted by Crippen LogP contribution is 2.15. The predicted octanol–water partition coefficient (Wildman–Crippen LogP) is 3.16. The molecule has 0 radical (unpaired) electrons. The molecule has 0 aliphatic heterocycles. The summed E-state index contributed by atoms with van der Waals surface area (Å²) in [5, 5.41) is 0. The molecule has 2 heteroatoms. The largest absolute Gasteiger partial charge is 0.399 e. The maximum atomic E-state index is 11.7. The molecule has 1 rings (SSSR count). The first-order valence-electron chi connectivity index (χ1n) is 5.64. The second-order valence-corrected chi connectivity index (χ2v) is 5.00. The lowest BCUT2D eigenvalue weighted by atomic mass is 9.90. The first kappa shape index (κ1) is 13.2. The highest BCUT2D eigenvalue weighted by Gasteiger charge is 2.18. The van der Waals surface area contributed by atoms with Gasteiger partial charge in [-0.2, -0.15) is 0 Å². The van der Waals surface area contributed by atoms with Gasteiger partial charge < -0.3 is 5.73 Å². The van der Waals surface area contributed by atoms with Crippen LogP contribution < -0.4 is 5.73 Å². The molecule has 0 saturated carbocycles. The number of nitrogens with two attached hydrogens (primary N) is 1. The molecule has 0 saturated heterocycles. The van der Waals surface area contributed by atoms with Crippen molar-refractivity contribution < 1.29 is 4.79 Å². The van der Waals surface area contributed by atoms with Gasteiger partial charge in [0.25, 0.3) is 0 Å². The summed E-state index contributed by atoms with van der Waals surface area (Å²) in [5.74, 6) is 0.0349. The smallest absolute Gasteiger partial charge is 0.163 e. The third-order valence-corrected chi connectivity index (χ3v) is 2.30. The molecule has 0 fully saturated rings. The molecule has 0 unspecified atom stereocenters. The second kappa shape index (κ2) is 5.48. The van der Waals surface area contributed by atoms with E-state index in [-0.39, 0.29) is 11.2 Å². The molecule has 0 aliphatic rings. The van der Waals surface area contributed by atoms with Crippen LogP contribution in [0.1, 0.15) is 26.3 Å². The highest BCUT2D eigenvalue weighted by atomic mass is 16.1. The quantitative estimate of drug-likeness (QED) is 0.639. The fourth-order valence-electron chi connectivity index (χ4n) is 1.17. The van der Waals surface area contributed by atoms with Crippen LogP contribution in [0.25, 0.3) is 6.08 Å². The van der Waals surface area contributed by atoms with Gasteiger partial charge in [0.1, 0.15) is 0 Å². The molecular weight excluding hydrogens is 210 g/mol. The molecule has 90 valence electrons. The number of hydrogen-bond acceptors (Lipinski definition) is 2. The van der Waals surface area contributed by atoms with Gasteiger partial charge in [0.05, 0.1) is 0 Å². The van der Waals surface area contributed by atoms with Gasteiger partial charge in [0.15, 0.2) is 5.78 Å². The van der Waals surface area contributed by atoms with E-state index in [1.54, 1.807) is 6.08 Å². The van der Waals surface area contributed by atoms with Crippen molar-refractivity contribution in [3.8, 4) is 0 Å². The summed E-state index contributed by atoms with van der Waals surface area (Å²) in [4.78, 5) is 11.7. The Hall–Kier alpha value is -1.83. The van der Waals surface area contributed by atoms with Crippen molar-refractivity contribution in [2.75, 3.05) is 0 Å². The Morgan fingerprint density at radius 1 is 1.18 bits per heavy atom. The van der Waals surface area contributed by atoms with E-state index in [1.165, 1.54) is 6.08 Å². The minimum absolute atomic E-state index is 0.0349. The number of carbonyl (C=O) groups is 1. The van der Waals surface area contributed by atoms with Crippen LogP contribution >= 0.6 is 0 Å². The summed E-state index contributed by atoms with van der Waals surface area (Å²) in [6.07, 6.45) is 5.13. The van der Waals surface area contributed by atoms with Crippen LogP contribution in [-0.2, 0) is 4.79 Å². The van der Waals surface area contributed by atoms with Gasteiger partial charge in [-0.05, 0) is 11.6 Å². The van der Waals surface area contributed by atoms with Crippen molar-refractivity contribution in [2.45, 2.75) is 20.8 Å². The zero-order valence-corrected chi connectivity index (χ0v) is 10.6. The first-order chi connectivity index (χ1) is 7.89. The van der Waals surface area contributed by atoms with Gasteiger partial charge in [-0.3, -0.25) is 4.79 Å². The molecule has 17 heavy (non-hydrogen) atoms. The molecule has 0 bridgehead atoms. The maximum absolute atomic E-state index is 11.7. The molecule has 0 atom stereocenters. The summed E-state index contributed by atoms with van der Waals surface area (Å²) < 4.78 is 0. The van der Waals surface area contributed by atoms with Crippen LogP contribution in [0.4, 0.5) is 0 Å². The minimum Gasteiger partial charge on any atom is -0.399 e. The van der Waals surface area contributed by atoms with Gasteiger partial charge in [-0.1, -0.05) is 57.2 Å². The third-order valence-electron chi connectivity index (χ3n) is 2.30. The van der Waals surface area contributed by atoms with E-state index in [0.717, 1.165) is 5.56 Å². The van der Waals surface area contributed by atoms with Crippen LogP contribution in [0.2, 0.25) is 0 Å². The van der Waals surface area contributed by atoms with E-state index in [1.807, 2.05) is 57.2 Å². The van der Waals surface area contributed by atoms with Crippen LogP contribution in [0.5, 0.6) is 0 Å². The number of ketones is 1. The number of hydrogen-bond donors (Lipinski definition) is 1. The Kier molecular flexibility index (Phi) is 4.27. The lowest BCUT2D eigenvalue weighted by Gasteiger charge is -2.13. The minimum atomic E-state index is -0.384. The average molecular weight is 229 g/mol. The van der Waals surface area contributed by atoms with Gasteiger partial charge in [-0.25, -0.2) is 0 Å². The fraction of sp³-hybridized carbons (Fsp3) is 0.267. The topological polar surface area (TPSA) is 43.1 Å². The first-order valence-corrected chi connectivity index (χ1v) is 5.64. The molecule has 0 aromatic heterocycles. The van der Waals surface area contributed by atoms with E-state index >= 15 is 0 Å². The Morgan fingerprint density at radius 2 is 1.76 bits per heavy atom. The van der Waals surface area contributed by atoms with E-state index in [2.05, 4.69) is 0 Å². The Balaban J connectivity index is 2.73. The standard InChI is InChI=1S/C15H19NO/c1-15(2,3)14(17)11-13(16)10-9-12-7-5-4-6-8-12/h4-11H,16H2,1-3H3/b10-9+,13-11-. The summed E-state index contributed by atoms with van der Waals surface area (Å²) in [6, 6.07) is 9.84. The zero-order chi connectivity index (χ0) is 12.9. The second-order valence-electron chi connectivity index (χ2n) is 5.00. The Morgan fingerprint density at radius 3 is 2.29 bits per heavy atom. The molecule has 0 spiro atoms. The number of benzene rings is 1. The van der Waals surface area contributed by atoms with Gasteiger partial charge in [0.2, 0.25) is 0 Å². The summed E-state index contributed by atoms with van der Waals surface area (Å²) in [6.45, 7) is 5.63. The summed E-state index contributed by atoms with van der Waals surface area (Å²) >= 11 is 0. The van der Waals surface area contributed by atoms with Crippen molar-refractivity contribution in [3.05, 3.63) is 53.7 Å². The maximum Gasteiger partial charge on any atom is 0.163 e. The zero-order valence-electron chi connectivity index (χ0n) is 10.6. The van der Waals surface area contributed by atoms with E-state index in [4.69, 9.17) is 5.73 Å². The Labute approximate surface area is 103 Å². The SMILES string of the molecule is CC(C)(C)C(=O)/C=C(N)/C=C/c1ccccc1. The molecule has 0 amide bonds. The molecule has 2 N–H and O–H groups in total. The number of carbonyl (C=O) groups excluding carboxylic acids is 1. The van der Waals surface area contributed by atoms with Gasteiger partial charge in [0, 0.05) is 17.2 Å². The van der Waals surface area contributed by atoms with Crippen LogP contribution in [0.3, 0.4) is 0 Å². The predicted molar refractivity (Wildman–Crippen MR) is 72.2 cm³/mol. The summed E-state index contributed by atoms with van der Waals surface area (Å²) in [7, 11) is 0. The highest BCUT2D eigenvalue weighted by molar-refractivity contribution is 5.94. The molecule has 1 aromatic rings. The van der Waals surface area contributed by atoms with E-state index in [9.17, 15) is 4.79 Å². The third kappa shape index (κ3) is 4.68. The molecule has 0 heterocycles. The van der Waals surface area contributed by atoms with Crippen molar-refractivity contribution in [3.63, 3.8) is 0 Å². The Bertz CT molecular complexity index is 436. The number of allylic oxidation sites excluding steroid dienone is 2. The molecule has 0 aliphatic carbocycles. The van der Waals surface area contributed by atoms with Crippen LogP contribution in [0, 0.1) is 5.41 Å². The van der Waals surface area contributed by atoms with E-state index < -0.39 is 0 Å². The lowest BCUT2D eigenvalue weighted by Crippen LogP contribution is -2.18. The van der Waals surface area contributed by atoms with Gasteiger partial charge >= 0.3 is 0 Å². The lowest BCUT2D eigenvalue weighted by molar-refractivity contribution is -0.121. The van der Waals surface area contributed by atoms with E-state index in [0.29, 0.717) is 5.70 Å². The van der Waals surface area contributed by atoms with Crippen molar-refractivity contribution in [1.82, 2.24) is 0 Å². The molecule has 2 nitrogen and oxygen atoms in total. The molecular formula is C15H19NO. The summed E-state index contributed by atoms with van der Waals surface area (Å²) in [5.41, 5.74) is 6.93. The van der Waals surface area contributed by atoms with Crippen LogP contribution in [0.15, 0.2) is 48.2 Å². The fourth-order valence-corrected chi connectivity index (χ4v) is 1.17. The molecule has 1 aromatic carbocycles. The number of rotatable bonds is 3. The van der Waals surface area contributed by atoms with Crippen molar-refractivity contribution in [1.29, 1.82) is 0 Å². The average Bonchev–Trinajstić information content (AvgIpc) is 2.26. The van der Waals surface area contributed by atoms with Crippen molar-refractivity contribution in [2.24, 2.45) is 11.1 Å². The monoisotopic (exact) mass is 229 g/mol. The van der Waals surface area contributed by atoms with Crippen molar-refractivity contribution >= 4 is 11.9 Å². The normalized spacial score (nSPS) is 13.0. The van der Waals surface area contributed by atoms with Crippen LogP contribution in [-0.4, -0.2) is 5.78 Å². The van der Waals surface area contributed by atoms with Gasteiger partial charge in [-0.15, -0.1) is 0 Å².